The summed E-state index contributed by atoms with van der Waals surface area (Å²) in [6, 6.07) is 16.6. The van der Waals surface area contributed by atoms with Crippen molar-refractivity contribution in [3.63, 3.8) is 0 Å². The molecule has 0 fully saturated rings. The molecule has 1 atom stereocenters. The van der Waals surface area contributed by atoms with Crippen molar-refractivity contribution in [3.05, 3.63) is 91.6 Å². The van der Waals surface area contributed by atoms with Crippen LogP contribution in [0.4, 0.5) is 11.5 Å². The van der Waals surface area contributed by atoms with E-state index in [4.69, 9.17) is 11.6 Å². The fourth-order valence-corrected chi connectivity index (χ4v) is 3.49. The van der Waals surface area contributed by atoms with E-state index in [1.54, 1.807) is 25.5 Å². The Morgan fingerprint density at radius 2 is 1.59 bits per heavy atom. The maximum absolute atomic E-state index is 13.0. The van der Waals surface area contributed by atoms with Crippen molar-refractivity contribution in [2.45, 2.75) is 6.04 Å². The van der Waals surface area contributed by atoms with E-state index >= 15 is 0 Å². The van der Waals surface area contributed by atoms with Crippen molar-refractivity contribution in [1.29, 1.82) is 0 Å². The molecule has 1 unspecified atom stereocenters. The molecule has 1 aromatic heterocycles. The van der Waals surface area contributed by atoms with E-state index in [-0.39, 0.29) is 5.56 Å². The minimum Gasteiger partial charge on any atom is -0.320 e. The molecule has 2 heterocycles. The van der Waals surface area contributed by atoms with Gasteiger partial charge in [0, 0.05) is 24.8 Å². The number of hydrogen-bond donors (Lipinski definition) is 0. The molecule has 0 aliphatic carbocycles. The zero-order valence-corrected chi connectivity index (χ0v) is 15.6. The molecule has 27 heavy (non-hydrogen) atoms. The zero-order chi connectivity index (χ0) is 19.1. The lowest BCUT2D eigenvalue weighted by molar-refractivity contribution is 0.651. The lowest BCUT2D eigenvalue weighted by atomic mass is 9.96. The first-order chi connectivity index (χ1) is 13.0. The van der Waals surface area contributed by atoms with Crippen LogP contribution in [-0.4, -0.2) is 15.5 Å². The number of halogens is 1. The van der Waals surface area contributed by atoms with Gasteiger partial charge in [0.2, 0.25) is 0 Å². The molecule has 0 amide bonds. The second-order valence-corrected chi connectivity index (χ2v) is 6.82. The van der Waals surface area contributed by atoms with E-state index in [0.717, 1.165) is 15.8 Å². The minimum atomic E-state index is -0.428. The van der Waals surface area contributed by atoms with Crippen molar-refractivity contribution in [3.8, 4) is 0 Å². The van der Waals surface area contributed by atoms with E-state index in [2.05, 4.69) is 4.99 Å². The molecular formula is C20H17ClN4O2. The Morgan fingerprint density at radius 3 is 2.26 bits per heavy atom. The highest BCUT2D eigenvalue weighted by atomic mass is 35.5. The average Bonchev–Trinajstić information content (AvgIpc) is 2.71. The summed E-state index contributed by atoms with van der Waals surface area (Å²) in [5.74, 6) is 0.371. The smallest absolute Gasteiger partial charge is 0.320 e. The Kier molecular flexibility index (Phi) is 4.20. The number of anilines is 1. The molecule has 0 spiro atoms. The highest BCUT2D eigenvalue weighted by Gasteiger charge is 2.32. The lowest BCUT2D eigenvalue weighted by Gasteiger charge is -2.34. The van der Waals surface area contributed by atoms with Crippen LogP contribution in [0.15, 0.2) is 69.2 Å². The fraction of sp³-hybridized carbons (Fsp3) is 0.150. The van der Waals surface area contributed by atoms with Crippen molar-refractivity contribution in [2.24, 2.45) is 19.1 Å². The third-order valence-electron chi connectivity index (χ3n) is 4.76. The van der Waals surface area contributed by atoms with Gasteiger partial charge in [-0.05, 0) is 29.8 Å². The number of aliphatic imine (C=N–C) groups is 1. The third kappa shape index (κ3) is 2.78. The Labute approximate surface area is 160 Å². The number of nitrogens with zero attached hydrogens (tertiary/aromatic N) is 4. The molecule has 4 rings (SSSR count). The van der Waals surface area contributed by atoms with E-state index in [9.17, 15) is 9.59 Å². The normalized spacial score (nSPS) is 15.7. The molecule has 2 aromatic carbocycles. The summed E-state index contributed by atoms with van der Waals surface area (Å²) in [6.07, 6.45) is 1.66. The van der Waals surface area contributed by atoms with Crippen LogP contribution >= 0.6 is 11.6 Å². The minimum absolute atomic E-state index is 0.356. The number of aromatic nitrogens is 2. The van der Waals surface area contributed by atoms with Gasteiger partial charge in [-0.15, -0.1) is 0 Å². The number of para-hydroxylation sites is 1. The van der Waals surface area contributed by atoms with Crippen LogP contribution in [0.2, 0.25) is 5.02 Å². The van der Waals surface area contributed by atoms with Gasteiger partial charge in [0.25, 0.3) is 5.56 Å². The van der Waals surface area contributed by atoms with Gasteiger partial charge < -0.3 is 4.90 Å². The number of hydrogen-bond acceptors (Lipinski definition) is 4. The molecule has 0 saturated heterocycles. The fourth-order valence-electron chi connectivity index (χ4n) is 3.37. The van der Waals surface area contributed by atoms with E-state index in [1.165, 1.54) is 11.6 Å². The summed E-state index contributed by atoms with van der Waals surface area (Å²) in [7, 11) is 3.10. The Bertz CT molecular complexity index is 1150. The van der Waals surface area contributed by atoms with Gasteiger partial charge in [0.05, 0.1) is 17.9 Å². The third-order valence-corrected chi connectivity index (χ3v) is 5.02. The van der Waals surface area contributed by atoms with Crippen molar-refractivity contribution < 1.29 is 0 Å². The summed E-state index contributed by atoms with van der Waals surface area (Å²) >= 11 is 6.06. The van der Waals surface area contributed by atoms with E-state index in [1.807, 2.05) is 47.4 Å². The molecule has 136 valence electrons. The maximum atomic E-state index is 13.0. The first kappa shape index (κ1) is 17.3. The van der Waals surface area contributed by atoms with Crippen molar-refractivity contribution >= 4 is 29.4 Å². The van der Waals surface area contributed by atoms with Crippen LogP contribution in [0.5, 0.6) is 0 Å². The highest BCUT2D eigenvalue weighted by molar-refractivity contribution is 6.30. The summed E-state index contributed by atoms with van der Waals surface area (Å²) in [5, 5.41) is 0.614. The number of fused-ring (bicyclic) bond motifs is 1. The highest BCUT2D eigenvalue weighted by Crippen LogP contribution is 2.37. The number of rotatable bonds is 2. The van der Waals surface area contributed by atoms with Crippen molar-refractivity contribution in [1.82, 2.24) is 9.13 Å². The average molecular weight is 381 g/mol. The van der Waals surface area contributed by atoms with Crippen LogP contribution in [0.3, 0.4) is 0 Å². The molecule has 7 heteroatoms. The molecule has 0 bridgehead atoms. The Balaban J connectivity index is 2.03. The molecule has 6 nitrogen and oxygen atoms in total. The second-order valence-electron chi connectivity index (χ2n) is 6.38. The SMILES string of the molecule is Cn1c2c(c(=O)n(C)c1=O)C(c1ccc(Cl)cc1)N(c1ccccc1)C=N2. The summed E-state index contributed by atoms with van der Waals surface area (Å²) in [5.41, 5.74) is 1.46. The molecule has 1 aliphatic rings. The summed E-state index contributed by atoms with van der Waals surface area (Å²) in [4.78, 5) is 31.7. The largest absolute Gasteiger partial charge is 0.332 e. The number of benzene rings is 2. The van der Waals surface area contributed by atoms with Crippen LogP contribution < -0.4 is 16.1 Å². The standard InChI is InChI=1S/C20H17ClN4O2/c1-23-18-16(19(26)24(2)20(23)27)17(13-8-10-14(21)11-9-13)25(12-22-18)15-6-4-3-5-7-15/h3-12,17H,1-2H3. The first-order valence-electron chi connectivity index (χ1n) is 8.42. The zero-order valence-electron chi connectivity index (χ0n) is 14.8. The van der Waals surface area contributed by atoms with E-state index < -0.39 is 11.7 Å². The quantitative estimate of drug-likeness (QED) is 0.686. The predicted octanol–water partition coefficient (Wildman–Crippen LogP) is 3.01. The van der Waals surface area contributed by atoms with Crippen LogP contribution in [0, 0.1) is 0 Å². The van der Waals surface area contributed by atoms with Crippen LogP contribution in [0.1, 0.15) is 17.2 Å². The van der Waals surface area contributed by atoms with Gasteiger partial charge in [-0.2, -0.15) is 0 Å². The monoisotopic (exact) mass is 380 g/mol. The molecule has 0 N–H and O–H groups in total. The second kappa shape index (κ2) is 6.55. The molecule has 1 aliphatic heterocycles. The van der Waals surface area contributed by atoms with Crippen LogP contribution in [0.25, 0.3) is 0 Å². The molecule has 0 radical (unpaired) electrons. The molecular weight excluding hydrogens is 364 g/mol. The van der Waals surface area contributed by atoms with Gasteiger partial charge in [0.15, 0.2) is 0 Å². The maximum Gasteiger partial charge on any atom is 0.332 e. The Hall–Kier alpha value is -3.12. The topological polar surface area (TPSA) is 59.6 Å². The lowest BCUT2D eigenvalue weighted by Crippen LogP contribution is -2.44. The summed E-state index contributed by atoms with van der Waals surface area (Å²) in [6.45, 7) is 0. The van der Waals surface area contributed by atoms with Gasteiger partial charge in [-0.25, -0.2) is 9.79 Å². The molecule has 0 saturated carbocycles. The van der Waals surface area contributed by atoms with Gasteiger partial charge in [-0.3, -0.25) is 13.9 Å². The first-order valence-corrected chi connectivity index (χ1v) is 8.80. The van der Waals surface area contributed by atoms with Gasteiger partial charge >= 0.3 is 5.69 Å². The van der Waals surface area contributed by atoms with Gasteiger partial charge in [0.1, 0.15) is 5.82 Å². The van der Waals surface area contributed by atoms with Gasteiger partial charge in [-0.1, -0.05) is 41.9 Å². The van der Waals surface area contributed by atoms with E-state index in [0.29, 0.717) is 16.4 Å². The van der Waals surface area contributed by atoms with Crippen molar-refractivity contribution in [2.75, 3.05) is 4.90 Å². The summed E-state index contributed by atoms with van der Waals surface area (Å²) < 4.78 is 2.52. The molecule has 3 aromatic rings. The van der Waals surface area contributed by atoms with Crippen LogP contribution in [-0.2, 0) is 14.1 Å². The predicted molar refractivity (Wildman–Crippen MR) is 107 cm³/mol. The Morgan fingerprint density at radius 1 is 0.926 bits per heavy atom.